The van der Waals surface area contributed by atoms with Gasteiger partial charge in [-0.2, -0.15) is 0 Å². The van der Waals surface area contributed by atoms with Gasteiger partial charge in [0, 0.05) is 12.3 Å². The maximum Gasteiger partial charge on any atom is 0.197 e. The fourth-order valence-electron chi connectivity index (χ4n) is 0.912. The van der Waals surface area contributed by atoms with Crippen LogP contribution in [0.4, 0.5) is 0 Å². The first-order valence-electron chi connectivity index (χ1n) is 3.60. The van der Waals surface area contributed by atoms with Gasteiger partial charge in [0.05, 0.1) is 4.47 Å². The topological polar surface area (TPSA) is 38.9 Å². The van der Waals surface area contributed by atoms with Crippen molar-refractivity contribution in [2.75, 3.05) is 0 Å². The SMILES string of the molecule is Clc1ccnc(-c2cc(Br)c(Br)o2)n1. The molecule has 0 aliphatic rings. The lowest BCUT2D eigenvalue weighted by molar-refractivity contribution is 0.549. The minimum atomic E-state index is 0.388. The Labute approximate surface area is 102 Å². The molecule has 0 aliphatic carbocycles. The summed E-state index contributed by atoms with van der Waals surface area (Å²) in [5.41, 5.74) is 0. The molecule has 2 heterocycles. The normalized spacial score (nSPS) is 10.5. The van der Waals surface area contributed by atoms with Gasteiger partial charge in [-0.15, -0.1) is 0 Å². The number of rotatable bonds is 1. The number of hydrogen-bond donors (Lipinski definition) is 0. The quantitative estimate of drug-likeness (QED) is 0.740. The molecule has 0 saturated carbocycles. The summed E-state index contributed by atoms with van der Waals surface area (Å²) in [5, 5.41) is 0.388. The molecule has 6 heteroatoms. The van der Waals surface area contributed by atoms with Crippen molar-refractivity contribution in [1.29, 1.82) is 0 Å². The second kappa shape index (κ2) is 4.00. The first-order valence-corrected chi connectivity index (χ1v) is 5.57. The molecule has 2 rings (SSSR count). The summed E-state index contributed by atoms with van der Waals surface area (Å²) in [4.78, 5) is 8.05. The van der Waals surface area contributed by atoms with E-state index in [4.69, 9.17) is 16.0 Å². The Morgan fingerprint density at radius 1 is 1.36 bits per heavy atom. The molecule has 2 aromatic heterocycles. The minimum Gasteiger partial charge on any atom is -0.445 e. The molecule has 72 valence electrons. The highest BCUT2D eigenvalue weighted by molar-refractivity contribution is 9.13. The van der Waals surface area contributed by atoms with Crippen LogP contribution < -0.4 is 0 Å². The van der Waals surface area contributed by atoms with E-state index in [0.29, 0.717) is 21.4 Å². The maximum atomic E-state index is 5.73. The highest BCUT2D eigenvalue weighted by atomic mass is 79.9. The van der Waals surface area contributed by atoms with Gasteiger partial charge in [-0.25, -0.2) is 9.97 Å². The summed E-state index contributed by atoms with van der Waals surface area (Å²) < 4.78 is 6.76. The Balaban J connectivity index is 2.49. The van der Waals surface area contributed by atoms with E-state index in [2.05, 4.69) is 41.8 Å². The molecule has 14 heavy (non-hydrogen) atoms. The van der Waals surface area contributed by atoms with E-state index in [0.717, 1.165) is 4.47 Å². The van der Waals surface area contributed by atoms with E-state index < -0.39 is 0 Å². The lowest BCUT2D eigenvalue weighted by Gasteiger charge is -1.93. The fraction of sp³-hybridized carbons (Fsp3) is 0. The minimum absolute atomic E-state index is 0.388. The lowest BCUT2D eigenvalue weighted by Crippen LogP contribution is -1.85. The van der Waals surface area contributed by atoms with Gasteiger partial charge in [0.15, 0.2) is 16.3 Å². The molecule has 0 saturated heterocycles. The van der Waals surface area contributed by atoms with Crippen LogP contribution in [0.15, 0.2) is 31.9 Å². The molecule has 0 aromatic carbocycles. The smallest absolute Gasteiger partial charge is 0.197 e. The van der Waals surface area contributed by atoms with Gasteiger partial charge in [-0.1, -0.05) is 11.6 Å². The van der Waals surface area contributed by atoms with Crippen molar-refractivity contribution in [2.24, 2.45) is 0 Å². The maximum absolute atomic E-state index is 5.73. The number of furan rings is 1. The first-order chi connectivity index (χ1) is 6.66. The van der Waals surface area contributed by atoms with Crippen LogP contribution in [-0.4, -0.2) is 9.97 Å². The zero-order valence-electron chi connectivity index (χ0n) is 6.67. The molecule has 0 bridgehead atoms. The Kier molecular flexibility index (Phi) is 2.90. The Hall–Kier alpha value is -0.390. The summed E-state index contributed by atoms with van der Waals surface area (Å²) >= 11 is 12.3. The molecule has 2 aromatic rings. The van der Waals surface area contributed by atoms with Crippen molar-refractivity contribution in [2.45, 2.75) is 0 Å². The Bertz CT molecular complexity index is 453. The molecule has 0 unspecified atom stereocenters. The van der Waals surface area contributed by atoms with E-state index in [-0.39, 0.29) is 0 Å². The number of hydrogen-bond acceptors (Lipinski definition) is 3. The van der Waals surface area contributed by atoms with Crippen molar-refractivity contribution < 1.29 is 4.42 Å². The summed E-state index contributed by atoms with van der Waals surface area (Å²) in [6.45, 7) is 0. The lowest BCUT2D eigenvalue weighted by atomic mass is 10.4. The third-order valence-electron chi connectivity index (χ3n) is 1.49. The van der Waals surface area contributed by atoms with Crippen molar-refractivity contribution in [1.82, 2.24) is 9.97 Å². The zero-order chi connectivity index (χ0) is 10.1. The molecule has 3 nitrogen and oxygen atoms in total. The van der Waals surface area contributed by atoms with E-state index >= 15 is 0 Å². The number of nitrogens with zero attached hydrogens (tertiary/aromatic N) is 2. The highest BCUT2D eigenvalue weighted by Crippen LogP contribution is 2.31. The molecule has 0 spiro atoms. The van der Waals surface area contributed by atoms with E-state index in [1.807, 2.05) is 0 Å². The molecule has 0 radical (unpaired) electrons. The average Bonchev–Trinajstić information content (AvgIpc) is 2.47. The van der Waals surface area contributed by atoms with E-state index in [1.54, 1.807) is 18.3 Å². The van der Waals surface area contributed by atoms with Gasteiger partial charge in [0.25, 0.3) is 0 Å². The second-order valence-electron chi connectivity index (χ2n) is 2.44. The highest BCUT2D eigenvalue weighted by Gasteiger charge is 2.10. The summed E-state index contributed by atoms with van der Waals surface area (Å²) in [6.07, 6.45) is 1.58. The molecule has 0 fully saturated rings. The first kappa shape index (κ1) is 10.1. The predicted molar refractivity (Wildman–Crippen MR) is 60.1 cm³/mol. The number of halogens is 3. The third kappa shape index (κ3) is 1.99. The predicted octanol–water partition coefficient (Wildman–Crippen LogP) is 3.92. The Morgan fingerprint density at radius 2 is 2.14 bits per heavy atom. The van der Waals surface area contributed by atoms with Gasteiger partial charge < -0.3 is 4.42 Å². The summed E-state index contributed by atoms with van der Waals surface area (Å²) in [7, 11) is 0. The number of aromatic nitrogens is 2. The van der Waals surface area contributed by atoms with Crippen molar-refractivity contribution in [3.63, 3.8) is 0 Å². The van der Waals surface area contributed by atoms with Crippen LogP contribution in [0.5, 0.6) is 0 Å². The molecule has 0 atom stereocenters. The van der Waals surface area contributed by atoms with E-state index in [1.165, 1.54) is 0 Å². The molecule has 0 N–H and O–H groups in total. The summed E-state index contributed by atoms with van der Waals surface area (Å²) in [5.74, 6) is 1.02. The van der Waals surface area contributed by atoms with Crippen molar-refractivity contribution in [3.05, 3.63) is 32.6 Å². The third-order valence-corrected chi connectivity index (χ3v) is 3.41. The van der Waals surface area contributed by atoms with Crippen LogP contribution in [0.2, 0.25) is 5.15 Å². The molecule has 0 aliphatic heterocycles. The van der Waals surface area contributed by atoms with Crippen LogP contribution in [0.1, 0.15) is 0 Å². The fourth-order valence-corrected chi connectivity index (χ4v) is 1.63. The van der Waals surface area contributed by atoms with Gasteiger partial charge in [-0.3, -0.25) is 0 Å². The van der Waals surface area contributed by atoms with Crippen LogP contribution in [0, 0.1) is 0 Å². The largest absolute Gasteiger partial charge is 0.445 e. The van der Waals surface area contributed by atoms with Crippen molar-refractivity contribution >= 4 is 43.5 Å². The monoisotopic (exact) mass is 336 g/mol. The van der Waals surface area contributed by atoms with Gasteiger partial charge in [0.1, 0.15) is 5.15 Å². The molecule has 0 amide bonds. The molecular formula is C8H3Br2ClN2O. The van der Waals surface area contributed by atoms with Crippen LogP contribution >= 0.6 is 43.5 Å². The Morgan fingerprint density at radius 3 is 2.71 bits per heavy atom. The summed E-state index contributed by atoms with van der Waals surface area (Å²) in [6, 6.07) is 3.38. The van der Waals surface area contributed by atoms with Crippen molar-refractivity contribution in [3.8, 4) is 11.6 Å². The van der Waals surface area contributed by atoms with Gasteiger partial charge in [0.2, 0.25) is 0 Å². The van der Waals surface area contributed by atoms with Crippen LogP contribution in [-0.2, 0) is 0 Å². The second-order valence-corrected chi connectivity index (χ2v) is 4.40. The van der Waals surface area contributed by atoms with Crippen LogP contribution in [0.3, 0.4) is 0 Å². The van der Waals surface area contributed by atoms with Gasteiger partial charge >= 0.3 is 0 Å². The van der Waals surface area contributed by atoms with Gasteiger partial charge in [-0.05, 0) is 37.9 Å². The standard InChI is InChI=1S/C8H3Br2ClN2O/c9-4-3-5(14-7(4)10)8-12-2-1-6(11)13-8/h1-3H. The van der Waals surface area contributed by atoms with E-state index in [9.17, 15) is 0 Å². The van der Waals surface area contributed by atoms with Crippen LogP contribution in [0.25, 0.3) is 11.6 Å². The molecular weight excluding hydrogens is 335 g/mol. The average molecular weight is 338 g/mol. The zero-order valence-corrected chi connectivity index (χ0v) is 10.6.